The first-order valence-corrected chi connectivity index (χ1v) is 5.56. The van der Waals surface area contributed by atoms with E-state index in [1.54, 1.807) is 29.0 Å². The molecule has 2 N–H and O–H groups in total. The summed E-state index contributed by atoms with van der Waals surface area (Å²) in [6, 6.07) is 10.9. The Morgan fingerprint density at radius 1 is 1.39 bits per heavy atom. The van der Waals surface area contributed by atoms with Crippen molar-refractivity contribution in [1.82, 2.24) is 4.57 Å². The van der Waals surface area contributed by atoms with Crippen molar-refractivity contribution in [2.45, 2.75) is 13.5 Å². The molecule has 0 fully saturated rings. The van der Waals surface area contributed by atoms with Gasteiger partial charge >= 0.3 is 0 Å². The molecular formula is C14H13N3O. The molecule has 0 aliphatic carbocycles. The lowest BCUT2D eigenvalue weighted by molar-refractivity contribution is 0.758. The van der Waals surface area contributed by atoms with E-state index in [9.17, 15) is 4.79 Å². The maximum Gasteiger partial charge on any atom is 0.273 e. The van der Waals surface area contributed by atoms with Gasteiger partial charge < -0.3 is 10.3 Å². The lowest BCUT2D eigenvalue weighted by Gasteiger charge is -2.09. The number of nitrogen functional groups attached to an aromatic ring is 1. The molecular weight excluding hydrogens is 226 g/mol. The Kier molecular flexibility index (Phi) is 3.16. The van der Waals surface area contributed by atoms with Crippen LogP contribution in [0.4, 0.5) is 5.69 Å². The third-order valence-corrected chi connectivity index (χ3v) is 2.86. The lowest BCUT2D eigenvalue weighted by Crippen LogP contribution is -2.22. The normalized spacial score (nSPS) is 10.0. The second-order valence-corrected chi connectivity index (χ2v) is 4.15. The smallest absolute Gasteiger partial charge is 0.273 e. The highest BCUT2D eigenvalue weighted by molar-refractivity contribution is 5.38. The predicted octanol–water partition coefficient (Wildman–Crippen LogP) is 1.66. The van der Waals surface area contributed by atoms with Gasteiger partial charge in [0.05, 0.1) is 23.9 Å². The average molecular weight is 239 g/mol. The van der Waals surface area contributed by atoms with E-state index in [1.807, 2.05) is 19.1 Å². The van der Waals surface area contributed by atoms with Crippen molar-refractivity contribution in [2.24, 2.45) is 0 Å². The van der Waals surface area contributed by atoms with Gasteiger partial charge in [-0.2, -0.15) is 5.26 Å². The van der Waals surface area contributed by atoms with Crippen LogP contribution >= 0.6 is 0 Å². The van der Waals surface area contributed by atoms with Gasteiger partial charge in [0.15, 0.2) is 0 Å². The van der Waals surface area contributed by atoms with E-state index in [0.29, 0.717) is 12.1 Å². The number of aryl methyl sites for hydroxylation is 1. The van der Waals surface area contributed by atoms with Crippen LogP contribution in [0.3, 0.4) is 0 Å². The predicted molar refractivity (Wildman–Crippen MR) is 70.1 cm³/mol. The molecule has 0 saturated heterocycles. The molecule has 1 heterocycles. The number of nitrogens with two attached hydrogens (primary N) is 1. The second kappa shape index (κ2) is 4.76. The van der Waals surface area contributed by atoms with Crippen molar-refractivity contribution in [1.29, 1.82) is 5.26 Å². The molecule has 0 amide bonds. The maximum absolute atomic E-state index is 11.8. The van der Waals surface area contributed by atoms with Crippen molar-refractivity contribution in [2.75, 3.05) is 5.73 Å². The molecule has 0 spiro atoms. The summed E-state index contributed by atoms with van der Waals surface area (Å²) in [5.41, 5.74) is 8.24. The summed E-state index contributed by atoms with van der Waals surface area (Å²) in [5, 5.41) is 8.80. The molecule has 4 nitrogen and oxygen atoms in total. The lowest BCUT2D eigenvalue weighted by atomic mass is 10.1. The molecule has 0 aliphatic rings. The summed E-state index contributed by atoms with van der Waals surface area (Å²) in [4.78, 5) is 11.8. The summed E-state index contributed by atoms with van der Waals surface area (Å²) in [6.07, 6.45) is 1.70. The van der Waals surface area contributed by atoms with Crippen molar-refractivity contribution in [3.05, 3.63) is 63.6 Å². The van der Waals surface area contributed by atoms with E-state index in [2.05, 4.69) is 6.07 Å². The van der Waals surface area contributed by atoms with E-state index in [0.717, 1.165) is 11.1 Å². The molecule has 2 rings (SSSR count). The number of nitrogens with zero attached hydrogens (tertiary/aromatic N) is 2. The van der Waals surface area contributed by atoms with Crippen molar-refractivity contribution in [3.8, 4) is 6.07 Å². The van der Waals surface area contributed by atoms with Crippen molar-refractivity contribution >= 4 is 5.69 Å². The Bertz CT molecular complexity index is 680. The number of pyridine rings is 1. The Balaban J connectivity index is 2.38. The topological polar surface area (TPSA) is 71.8 Å². The fraction of sp³-hybridized carbons (Fsp3) is 0.143. The molecule has 0 radical (unpaired) electrons. The zero-order valence-electron chi connectivity index (χ0n) is 10.1. The summed E-state index contributed by atoms with van der Waals surface area (Å²) in [7, 11) is 0. The molecule has 0 saturated carbocycles. The molecule has 1 aromatic heterocycles. The van der Waals surface area contributed by atoms with Crippen LogP contribution in [0.15, 0.2) is 41.3 Å². The number of hydrogen-bond donors (Lipinski definition) is 1. The van der Waals surface area contributed by atoms with E-state index in [4.69, 9.17) is 11.0 Å². The second-order valence-electron chi connectivity index (χ2n) is 4.15. The average Bonchev–Trinajstić information content (AvgIpc) is 2.37. The third kappa shape index (κ3) is 2.25. The number of benzene rings is 1. The Morgan fingerprint density at radius 3 is 2.83 bits per heavy atom. The van der Waals surface area contributed by atoms with E-state index < -0.39 is 0 Å². The van der Waals surface area contributed by atoms with Crippen LogP contribution in [0.25, 0.3) is 0 Å². The first kappa shape index (κ1) is 11.9. The third-order valence-electron chi connectivity index (χ3n) is 2.86. The van der Waals surface area contributed by atoms with Crippen molar-refractivity contribution in [3.63, 3.8) is 0 Å². The number of hydrogen-bond acceptors (Lipinski definition) is 3. The van der Waals surface area contributed by atoms with Gasteiger partial charge in [0.25, 0.3) is 5.56 Å². The van der Waals surface area contributed by atoms with Gasteiger partial charge in [0, 0.05) is 6.20 Å². The van der Waals surface area contributed by atoms with E-state index in [1.165, 1.54) is 0 Å². The molecule has 0 bridgehead atoms. The highest BCUT2D eigenvalue weighted by atomic mass is 16.1. The number of anilines is 1. The van der Waals surface area contributed by atoms with Crippen LogP contribution in [0, 0.1) is 18.3 Å². The molecule has 2 aromatic rings. The van der Waals surface area contributed by atoms with E-state index >= 15 is 0 Å². The highest BCUT2D eigenvalue weighted by Gasteiger charge is 2.04. The summed E-state index contributed by atoms with van der Waals surface area (Å²) < 4.78 is 1.56. The van der Waals surface area contributed by atoms with Gasteiger partial charge in [0.2, 0.25) is 0 Å². The fourth-order valence-corrected chi connectivity index (χ4v) is 1.81. The van der Waals surface area contributed by atoms with Gasteiger partial charge in [0.1, 0.15) is 0 Å². The molecule has 0 unspecified atom stereocenters. The minimum absolute atomic E-state index is 0.193. The zero-order valence-corrected chi connectivity index (χ0v) is 10.1. The van der Waals surface area contributed by atoms with Crippen LogP contribution in [-0.4, -0.2) is 4.57 Å². The largest absolute Gasteiger partial charge is 0.394 e. The minimum atomic E-state index is -0.193. The minimum Gasteiger partial charge on any atom is -0.394 e. The summed E-state index contributed by atoms with van der Waals surface area (Å²) in [5.74, 6) is 0. The van der Waals surface area contributed by atoms with Gasteiger partial charge in [-0.25, -0.2) is 0 Å². The summed E-state index contributed by atoms with van der Waals surface area (Å²) in [6.45, 7) is 2.38. The van der Waals surface area contributed by atoms with Gasteiger partial charge in [-0.05, 0) is 42.3 Å². The maximum atomic E-state index is 11.8. The molecule has 1 aromatic carbocycles. The van der Waals surface area contributed by atoms with Crippen LogP contribution in [-0.2, 0) is 6.54 Å². The standard InChI is InChI=1S/C14H13N3O/c1-10-7-11(8-15)4-5-12(10)9-17-6-2-3-13(16)14(17)18/h2-7H,9,16H2,1H3. The van der Waals surface area contributed by atoms with Crippen LogP contribution in [0.5, 0.6) is 0 Å². The molecule has 90 valence electrons. The summed E-state index contributed by atoms with van der Waals surface area (Å²) >= 11 is 0. The molecule has 18 heavy (non-hydrogen) atoms. The molecule has 4 heteroatoms. The number of nitriles is 1. The van der Waals surface area contributed by atoms with Crippen LogP contribution < -0.4 is 11.3 Å². The SMILES string of the molecule is Cc1cc(C#N)ccc1Cn1cccc(N)c1=O. The van der Waals surface area contributed by atoms with Gasteiger partial charge in [-0.1, -0.05) is 6.07 Å². The quantitative estimate of drug-likeness (QED) is 0.866. The van der Waals surface area contributed by atoms with Crippen LogP contribution in [0.1, 0.15) is 16.7 Å². The Morgan fingerprint density at radius 2 is 2.17 bits per heavy atom. The van der Waals surface area contributed by atoms with Gasteiger partial charge in [-0.15, -0.1) is 0 Å². The first-order valence-electron chi connectivity index (χ1n) is 5.56. The molecule has 0 atom stereocenters. The Hall–Kier alpha value is -2.54. The van der Waals surface area contributed by atoms with E-state index in [-0.39, 0.29) is 11.2 Å². The zero-order chi connectivity index (χ0) is 13.1. The number of rotatable bonds is 2. The van der Waals surface area contributed by atoms with Crippen LogP contribution in [0.2, 0.25) is 0 Å². The van der Waals surface area contributed by atoms with Crippen molar-refractivity contribution < 1.29 is 0 Å². The highest BCUT2D eigenvalue weighted by Crippen LogP contribution is 2.11. The Labute approximate surface area is 105 Å². The first-order chi connectivity index (χ1) is 8.61. The number of aromatic nitrogens is 1. The fourth-order valence-electron chi connectivity index (χ4n) is 1.81. The monoisotopic (exact) mass is 239 g/mol. The molecule has 0 aliphatic heterocycles. The van der Waals surface area contributed by atoms with Gasteiger partial charge in [-0.3, -0.25) is 4.79 Å².